The molecule has 2 aromatic carbocycles. The van der Waals surface area contributed by atoms with Gasteiger partial charge in [-0.15, -0.1) is 0 Å². The highest BCUT2D eigenvalue weighted by Gasteiger charge is 2.52. The van der Waals surface area contributed by atoms with Crippen LogP contribution in [0.4, 0.5) is 5.69 Å². The molecule has 0 radical (unpaired) electrons. The number of benzene rings is 2. The van der Waals surface area contributed by atoms with Crippen molar-refractivity contribution < 1.29 is 48.3 Å². The lowest BCUT2D eigenvalue weighted by molar-refractivity contribution is -0.272. The third kappa shape index (κ3) is 8.44. The maximum atomic E-state index is 14.3. The number of anilines is 1. The number of ether oxygens (including phenoxy) is 5. The number of nitrogens with zero attached hydrogens (tertiary/aromatic N) is 3. The van der Waals surface area contributed by atoms with Crippen LogP contribution in [0.15, 0.2) is 78.0 Å². The predicted molar refractivity (Wildman–Crippen MR) is 235 cm³/mol. The van der Waals surface area contributed by atoms with Gasteiger partial charge in [0.25, 0.3) is 5.56 Å². The number of aromatic nitrogens is 4. The number of carbonyl (C=O) groups excluding carboxylic acids is 3. The lowest BCUT2D eigenvalue weighted by Gasteiger charge is -2.40. The van der Waals surface area contributed by atoms with Crippen LogP contribution in [-0.2, 0) is 58.5 Å². The molecule has 0 saturated carbocycles. The van der Waals surface area contributed by atoms with E-state index in [0.717, 1.165) is 16.5 Å². The molecule has 0 spiro atoms. The minimum atomic E-state index is -1.99. The molecule has 336 valence electrons. The quantitative estimate of drug-likeness (QED) is 0.0722. The summed E-state index contributed by atoms with van der Waals surface area (Å²) in [6, 6.07) is 15.6. The van der Waals surface area contributed by atoms with E-state index in [4.69, 9.17) is 40.9 Å². The van der Waals surface area contributed by atoms with E-state index in [0.29, 0.717) is 28.5 Å². The van der Waals surface area contributed by atoms with E-state index in [-0.39, 0.29) is 47.8 Å². The third-order valence-electron chi connectivity index (χ3n) is 11.9. The average Bonchev–Trinajstić information content (AvgIpc) is 3.93. The number of imidazole rings is 1. The molecule has 8 rings (SSSR count). The number of fused-ring (bicyclic) bond motifs is 5. The normalized spacial score (nSPS) is 23.2. The maximum Gasteiger partial charge on any atom is 0.355 e. The van der Waals surface area contributed by atoms with Gasteiger partial charge in [0.1, 0.15) is 42.8 Å². The average molecular weight is 896 g/mol. The van der Waals surface area contributed by atoms with Gasteiger partial charge >= 0.3 is 11.9 Å². The van der Waals surface area contributed by atoms with Gasteiger partial charge in [0, 0.05) is 47.6 Å². The fraction of sp³-hybridized carbons (Fsp3) is 0.400. The van der Waals surface area contributed by atoms with Crippen molar-refractivity contribution in [3.63, 3.8) is 0 Å². The Bertz CT molecular complexity index is 2640. The van der Waals surface area contributed by atoms with Crippen LogP contribution in [-0.4, -0.2) is 103 Å². The van der Waals surface area contributed by atoms with E-state index in [1.165, 1.54) is 13.4 Å². The van der Waals surface area contributed by atoms with Gasteiger partial charge in [-0.3, -0.25) is 9.59 Å². The lowest BCUT2D eigenvalue weighted by atomic mass is 9.85. The second kappa shape index (κ2) is 18.1. The number of carbonyl (C=O) groups is 3. The second-order valence-electron chi connectivity index (χ2n) is 16.4. The number of esters is 2. The van der Waals surface area contributed by atoms with Crippen molar-refractivity contribution in [3.8, 4) is 17.1 Å². The summed E-state index contributed by atoms with van der Waals surface area (Å²) in [4.78, 5) is 68.4. The van der Waals surface area contributed by atoms with Crippen molar-refractivity contribution in [1.29, 1.82) is 0 Å². The number of aliphatic hydroxyl groups is 2. The molecule has 18 nitrogen and oxygen atoms in total. The first-order valence-electron chi connectivity index (χ1n) is 20.9. The van der Waals surface area contributed by atoms with Gasteiger partial charge in [-0.2, -0.15) is 0 Å². The summed E-state index contributed by atoms with van der Waals surface area (Å²) in [7, 11) is 1.38. The molecule has 6 N–H and O–H groups in total. The van der Waals surface area contributed by atoms with Crippen LogP contribution in [0.25, 0.3) is 22.3 Å². The lowest BCUT2D eigenvalue weighted by Crippen LogP contribution is -2.59. The number of aliphatic hydroxyl groups excluding tert-OH is 2. The van der Waals surface area contributed by atoms with Crippen LogP contribution in [0, 0.1) is 5.92 Å². The Morgan fingerprint density at radius 1 is 1.08 bits per heavy atom. The Balaban J connectivity index is 0.986. The van der Waals surface area contributed by atoms with Crippen LogP contribution in [0.3, 0.4) is 0 Å². The predicted octanol–water partition coefficient (Wildman–Crippen LogP) is 2.95. The van der Waals surface area contributed by atoms with Gasteiger partial charge in [0.15, 0.2) is 5.11 Å². The van der Waals surface area contributed by atoms with Gasteiger partial charge in [-0.05, 0) is 73.9 Å². The number of amides is 1. The number of aromatic amines is 1. The maximum absolute atomic E-state index is 14.3. The van der Waals surface area contributed by atoms with Crippen LogP contribution in [0.5, 0.6) is 5.75 Å². The molecule has 1 unspecified atom stereocenters. The zero-order valence-corrected chi connectivity index (χ0v) is 36.5. The monoisotopic (exact) mass is 895 g/mol. The molecule has 3 aliphatic rings. The standard InChI is InChI=1S/C45H49N7O11S/c1-6-45(30-17-33-35-25(15-24-9-7-8-10-31(24)49-35)19-52(33)40(56)29(30)20-60-43(45)58)63-41(57)34(22(2)3)51-39(55)32(16-27-18-46-21-47-27)50-44(64)48-26-11-13-28(14-12-26)62-42-37(54)38(59-5)36(53)23(4)61-42/h7-15,17-18,21-23,32,34,36-38,42,53-54H,6,16,19-20H2,1-5H3,(H,46,47)(H,51,55)(H2,48,50,64)/t23-,32-,34-,36+,37-,38+,42?,45+/m0/s1. The molecule has 64 heavy (non-hydrogen) atoms. The number of methoxy groups -OCH3 is 1. The minimum absolute atomic E-state index is 0.0603. The molecule has 19 heteroatoms. The Hall–Kier alpha value is -6.25. The smallest absolute Gasteiger partial charge is 0.355 e. The fourth-order valence-corrected chi connectivity index (χ4v) is 8.60. The Kier molecular flexibility index (Phi) is 12.5. The van der Waals surface area contributed by atoms with Crippen molar-refractivity contribution in [1.82, 2.24) is 30.2 Å². The molecule has 6 heterocycles. The van der Waals surface area contributed by atoms with Crippen LogP contribution >= 0.6 is 12.2 Å². The number of thiocarbonyl (C=S) groups is 1. The molecule has 8 atom stereocenters. The van der Waals surface area contributed by atoms with E-state index in [9.17, 15) is 29.4 Å². The SMILES string of the molecule is CC[C@]1(OC(=O)[C@@H](NC(=O)[C@H](Cc2cnc[nH]2)NC(=S)Nc2ccc(OC3O[C@@H](C)[C@@H](O)[C@@H](OC)[C@@H]3O)cc2)C(C)C)C(=O)OCc2c1cc1n(c2=O)Cc2cc3ccccc3nc2-1. The van der Waals surface area contributed by atoms with Gasteiger partial charge in [0.05, 0.1) is 41.4 Å². The van der Waals surface area contributed by atoms with Crippen molar-refractivity contribution >= 4 is 51.8 Å². The molecular weight excluding hydrogens is 847 g/mol. The molecule has 1 amide bonds. The van der Waals surface area contributed by atoms with Crippen LogP contribution in [0.2, 0.25) is 0 Å². The molecule has 0 bridgehead atoms. The summed E-state index contributed by atoms with van der Waals surface area (Å²) in [5, 5.41) is 30.8. The number of cyclic esters (lactones) is 1. The Morgan fingerprint density at radius 2 is 1.84 bits per heavy atom. The largest absolute Gasteiger partial charge is 0.462 e. The first-order valence-corrected chi connectivity index (χ1v) is 21.3. The Labute approximate surface area is 372 Å². The molecule has 1 fully saturated rings. The highest BCUT2D eigenvalue weighted by molar-refractivity contribution is 7.80. The number of para-hydroxylation sites is 1. The van der Waals surface area contributed by atoms with Gasteiger partial charge in [0.2, 0.25) is 17.8 Å². The van der Waals surface area contributed by atoms with E-state index in [1.54, 1.807) is 68.8 Å². The zero-order chi connectivity index (χ0) is 45.4. The first kappa shape index (κ1) is 44.4. The molecule has 5 aromatic rings. The van der Waals surface area contributed by atoms with E-state index in [1.807, 2.05) is 30.3 Å². The van der Waals surface area contributed by atoms with Crippen LogP contribution < -0.4 is 26.2 Å². The number of hydrogen-bond donors (Lipinski definition) is 6. The second-order valence-corrected chi connectivity index (χ2v) is 16.8. The summed E-state index contributed by atoms with van der Waals surface area (Å²) in [6.45, 7) is 6.74. The van der Waals surface area contributed by atoms with Gasteiger partial charge in [-0.25, -0.2) is 19.6 Å². The van der Waals surface area contributed by atoms with E-state index in [2.05, 4.69) is 25.9 Å². The number of rotatable bonds is 13. The topological polar surface area (TPSA) is 237 Å². The summed E-state index contributed by atoms with van der Waals surface area (Å²) in [5.41, 5.74) is 1.84. The number of hydrogen-bond acceptors (Lipinski definition) is 14. The highest BCUT2D eigenvalue weighted by atomic mass is 32.1. The van der Waals surface area contributed by atoms with Crippen molar-refractivity contribution in [2.45, 2.75) is 102 Å². The molecule has 3 aromatic heterocycles. The molecule has 1 saturated heterocycles. The summed E-state index contributed by atoms with van der Waals surface area (Å²) < 4.78 is 30.1. The number of nitrogens with one attached hydrogen (secondary N) is 4. The van der Waals surface area contributed by atoms with Gasteiger partial charge in [-0.1, -0.05) is 39.0 Å². The van der Waals surface area contributed by atoms with Crippen molar-refractivity contribution in [2.75, 3.05) is 12.4 Å². The number of H-pyrrole nitrogens is 1. The van der Waals surface area contributed by atoms with E-state index >= 15 is 0 Å². The summed E-state index contributed by atoms with van der Waals surface area (Å²) in [6.07, 6.45) is -1.89. The van der Waals surface area contributed by atoms with Crippen molar-refractivity contribution in [2.24, 2.45) is 5.92 Å². The Morgan fingerprint density at radius 3 is 2.55 bits per heavy atom. The molecule has 0 aliphatic carbocycles. The van der Waals surface area contributed by atoms with Gasteiger partial charge < -0.3 is 59.4 Å². The molecule has 3 aliphatic heterocycles. The molecular formula is C45H49N7O11S. The number of pyridine rings is 2. The fourth-order valence-electron chi connectivity index (χ4n) is 8.34. The summed E-state index contributed by atoms with van der Waals surface area (Å²) >= 11 is 5.63. The van der Waals surface area contributed by atoms with Crippen LogP contribution in [0.1, 0.15) is 56.5 Å². The highest BCUT2D eigenvalue weighted by Crippen LogP contribution is 2.41. The van der Waals surface area contributed by atoms with Crippen molar-refractivity contribution in [3.05, 3.63) is 106 Å². The zero-order valence-electron chi connectivity index (χ0n) is 35.7. The van der Waals surface area contributed by atoms with E-state index < -0.39 is 72.2 Å². The summed E-state index contributed by atoms with van der Waals surface area (Å²) in [5.74, 6) is -2.51. The minimum Gasteiger partial charge on any atom is -0.462 e. The third-order valence-corrected chi connectivity index (χ3v) is 12.1. The first-order chi connectivity index (χ1) is 30.7.